The van der Waals surface area contributed by atoms with Gasteiger partial charge in [0, 0.05) is 13.1 Å². The van der Waals surface area contributed by atoms with Crippen molar-refractivity contribution in [2.24, 2.45) is 5.92 Å². The first-order chi connectivity index (χ1) is 10.5. The number of rotatable bonds is 4. The van der Waals surface area contributed by atoms with Gasteiger partial charge in [0.25, 0.3) is 5.95 Å². The summed E-state index contributed by atoms with van der Waals surface area (Å²) in [4.78, 5) is 17.1. The Hall–Kier alpha value is -1.37. The Labute approximate surface area is 137 Å². The minimum absolute atomic E-state index is 0.110. The quantitative estimate of drug-likeness (QED) is 0.755. The van der Waals surface area contributed by atoms with Gasteiger partial charge in [-0.15, -0.1) is 0 Å². The zero-order valence-corrected chi connectivity index (χ0v) is 14.3. The largest absolute Gasteiger partial charge is 0.488 e. The minimum Gasteiger partial charge on any atom is -0.488 e. The van der Waals surface area contributed by atoms with Crippen molar-refractivity contribution in [1.29, 1.82) is 0 Å². The zero-order valence-electron chi connectivity index (χ0n) is 12.7. The molecule has 0 spiro atoms. The predicted molar refractivity (Wildman–Crippen MR) is 83.3 cm³/mol. The van der Waals surface area contributed by atoms with Gasteiger partial charge >= 0.3 is 6.09 Å². The zero-order chi connectivity index (χ0) is 16.1. The second kappa shape index (κ2) is 7.76. The molecular formula is C15H20BrFN2O3. The van der Waals surface area contributed by atoms with E-state index in [2.05, 4.69) is 20.9 Å². The third kappa shape index (κ3) is 4.83. The van der Waals surface area contributed by atoms with E-state index in [9.17, 15) is 9.18 Å². The Morgan fingerprint density at radius 1 is 1.45 bits per heavy atom. The number of likely N-dealkylation sites (tertiary alicyclic amines) is 1. The highest BCUT2D eigenvalue weighted by atomic mass is 79.9. The van der Waals surface area contributed by atoms with Crippen LogP contribution in [0.5, 0.6) is 5.75 Å². The number of carbonyl (C=O) groups is 1. The first kappa shape index (κ1) is 17.0. The Balaban J connectivity index is 1.77. The van der Waals surface area contributed by atoms with Gasteiger partial charge in [0.1, 0.15) is 4.60 Å². The lowest BCUT2D eigenvalue weighted by Gasteiger charge is -2.31. The van der Waals surface area contributed by atoms with E-state index in [0.717, 1.165) is 12.8 Å². The van der Waals surface area contributed by atoms with Crippen LogP contribution in [-0.4, -0.2) is 41.8 Å². The van der Waals surface area contributed by atoms with Crippen LogP contribution in [0.2, 0.25) is 0 Å². The average Bonchev–Trinajstić information content (AvgIpc) is 2.46. The lowest BCUT2D eigenvalue weighted by Crippen LogP contribution is -2.40. The van der Waals surface area contributed by atoms with Crippen LogP contribution in [0.4, 0.5) is 9.18 Å². The third-order valence-corrected chi connectivity index (χ3v) is 3.91. The number of aromatic nitrogens is 1. The molecular weight excluding hydrogens is 355 g/mol. The van der Waals surface area contributed by atoms with Crippen molar-refractivity contribution in [1.82, 2.24) is 9.88 Å². The molecule has 0 bridgehead atoms. The molecule has 22 heavy (non-hydrogen) atoms. The van der Waals surface area contributed by atoms with Crippen LogP contribution >= 0.6 is 15.9 Å². The smallest absolute Gasteiger partial charge is 0.410 e. The molecule has 7 heteroatoms. The van der Waals surface area contributed by atoms with E-state index in [1.54, 1.807) is 17.0 Å². The number of ether oxygens (including phenoxy) is 2. The maximum Gasteiger partial charge on any atom is 0.410 e. The number of amides is 1. The molecule has 2 heterocycles. The first-order valence-corrected chi connectivity index (χ1v) is 8.15. The summed E-state index contributed by atoms with van der Waals surface area (Å²) in [6, 6.07) is 3.20. The Morgan fingerprint density at radius 3 is 2.73 bits per heavy atom. The average molecular weight is 375 g/mol. The number of pyridine rings is 1. The Bertz CT molecular complexity index is 520. The summed E-state index contributed by atoms with van der Waals surface area (Å²) in [5.74, 6) is -0.164. The lowest BCUT2D eigenvalue weighted by atomic mass is 9.98. The highest BCUT2D eigenvalue weighted by molar-refractivity contribution is 9.10. The summed E-state index contributed by atoms with van der Waals surface area (Å²) in [6.07, 6.45) is 1.26. The highest BCUT2D eigenvalue weighted by Gasteiger charge is 2.25. The maximum absolute atomic E-state index is 13.6. The summed E-state index contributed by atoms with van der Waals surface area (Å²) in [5.41, 5.74) is 0. The summed E-state index contributed by atoms with van der Waals surface area (Å²) < 4.78 is 24.7. The van der Waals surface area contributed by atoms with Crippen LogP contribution in [0.1, 0.15) is 26.7 Å². The van der Waals surface area contributed by atoms with Crippen molar-refractivity contribution in [3.8, 4) is 5.75 Å². The van der Waals surface area contributed by atoms with Gasteiger partial charge in [-0.1, -0.05) is 0 Å². The third-order valence-electron chi connectivity index (χ3n) is 3.46. The van der Waals surface area contributed by atoms with E-state index >= 15 is 0 Å². The molecule has 1 fully saturated rings. The fourth-order valence-corrected chi connectivity index (χ4v) is 2.56. The summed E-state index contributed by atoms with van der Waals surface area (Å²) in [6.45, 7) is 5.37. The molecule has 1 aromatic rings. The second-order valence-corrected chi connectivity index (χ2v) is 6.41. The summed E-state index contributed by atoms with van der Waals surface area (Å²) in [7, 11) is 0. The molecule has 1 aliphatic rings. The molecule has 1 amide bonds. The molecule has 0 N–H and O–H groups in total. The van der Waals surface area contributed by atoms with Gasteiger partial charge in [-0.05, 0) is 60.7 Å². The second-order valence-electron chi connectivity index (χ2n) is 5.60. The summed E-state index contributed by atoms with van der Waals surface area (Å²) in [5, 5.41) is 0. The van der Waals surface area contributed by atoms with Gasteiger partial charge in [-0.25, -0.2) is 9.78 Å². The van der Waals surface area contributed by atoms with Crippen molar-refractivity contribution in [3.63, 3.8) is 0 Å². The monoisotopic (exact) mass is 374 g/mol. The normalized spacial score (nSPS) is 16.0. The van der Waals surface area contributed by atoms with Crippen molar-refractivity contribution in [2.45, 2.75) is 32.8 Å². The molecule has 2 rings (SSSR count). The van der Waals surface area contributed by atoms with E-state index in [-0.39, 0.29) is 17.9 Å². The topological polar surface area (TPSA) is 51.7 Å². The van der Waals surface area contributed by atoms with Crippen LogP contribution in [0, 0.1) is 11.9 Å². The van der Waals surface area contributed by atoms with Gasteiger partial charge in [-0.3, -0.25) is 0 Å². The molecule has 1 aliphatic heterocycles. The Morgan fingerprint density at radius 2 is 2.14 bits per heavy atom. The fraction of sp³-hybridized carbons (Fsp3) is 0.600. The van der Waals surface area contributed by atoms with Gasteiger partial charge in [-0.2, -0.15) is 4.39 Å². The van der Waals surface area contributed by atoms with Gasteiger partial charge in [0.2, 0.25) is 0 Å². The molecule has 122 valence electrons. The molecule has 1 saturated heterocycles. The summed E-state index contributed by atoms with van der Waals surface area (Å²) >= 11 is 3.11. The fourth-order valence-electron chi connectivity index (χ4n) is 2.27. The number of nitrogens with zero attached hydrogens (tertiary/aromatic N) is 2. The van der Waals surface area contributed by atoms with E-state index in [0.29, 0.717) is 30.2 Å². The van der Waals surface area contributed by atoms with Crippen molar-refractivity contribution in [3.05, 3.63) is 22.7 Å². The van der Waals surface area contributed by atoms with E-state index < -0.39 is 5.95 Å². The van der Waals surface area contributed by atoms with Gasteiger partial charge in [0.05, 0.1) is 12.7 Å². The van der Waals surface area contributed by atoms with E-state index in [1.165, 1.54) is 0 Å². The molecule has 0 atom stereocenters. The van der Waals surface area contributed by atoms with Crippen molar-refractivity contribution >= 4 is 22.0 Å². The molecule has 0 radical (unpaired) electrons. The molecule has 0 aliphatic carbocycles. The highest BCUT2D eigenvalue weighted by Crippen LogP contribution is 2.22. The predicted octanol–water partition coefficient (Wildman–Crippen LogP) is 3.62. The van der Waals surface area contributed by atoms with Crippen LogP contribution < -0.4 is 4.74 Å². The first-order valence-electron chi connectivity index (χ1n) is 7.36. The van der Waals surface area contributed by atoms with Gasteiger partial charge in [0.15, 0.2) is 5.75 Å². The molecule has 0 unspecified atom stereocenters. The minimum atomic E-state index is -0.618. The number of halogens is 2. The number of hydrogen-bond donors (Lipinski definition) is 0. The maximum atomic E-state index is 13.6. The van der Waals surface area contributed by atoms with Crippen molar-refractivity contribution in [2.75, 3.05) is 19.7 Å². The van der Waals surface area contributed by atoms with Crippen LogP contribution in [0.25, 0.3) is 0 Å². The molecule has 0 saturated carbocycles. The number of carbonyl (C=O) groups excluding carboxylic acids is 1. The van der Waals surface area contributed by atoms with Gasteiger partial charge < -0.3 is 14.4 Å². The Kier molecular flexibility index (Phi) is 5.99. The van der Waals surface area contributed by atoms with Crippen molar-refractivity contribution < 1.29 is 18.7 Å². The lowest BCUT2D eigenvalue weighted by molar-refractivity contribution is 0.0606. The standard InChI is InChI=1S/C15H20BrFN2O3/c1-10(2)22-15(20)19-7-5-11(6-8-19)9-21-12-3-4-13(16)18-14(12)17/h3-4,10-11H,5-9H2,1-2H3. The number of piperidine rings is 1. The molecule has 1 aromatic heterocycles. The SMILES string of the molecule is CC(C)OC(=O)N1CCC(COc2ccc(Br)nc2F)CC1. The van der Waals surface area contributed by atoms with Crippen LogP contribution in [-0.2, 0) is 4.74 Å². The van der Waals surface area contributed by atoms with E-state index in [4.69, 9.17) is 9.47 Å². The van der Waals surface area contributed by atoms with Crippen LogP contribution in [0.15, 0.2) is 16.7 Å². The molecule has 0 aromatic carbocycles. The molecule has 5 nitrogen and oxygen atoms in total. The number of hydrogen-bond acceptors (Lipinski definition) is 4. The van der Waals surface area contributed by atoms with Crippen LogP contribution in [0.3, 0.4) is 0 Å². The van der Waals surface area contributed by atoms with E-state index in [1.807, 2.05) is 13.8 Å².